The summed E-state index contributed by atoms with van der Waals surface area (Å²) in [4.78, 5) is 21.8. The summed E-state index contributed by atoms with van der Waals surface area (Å²) in [5, 5.41) is 0. The van der Waals surface area contributed by atoms with E-state index in [0.29, 0.717) is 12.0 Å². The van der Waals surface area contributed by atoms with E-state index < -0.39 is 0 Å². The van der Waals surface area contributed by atoms with Gasteiger partial charge in [0.1, 0.15) is 5.78 Å². The Kier molecular flexibility index (Phi) is 2.58. The minimum absolute atomic E-state index is 0.0203. The van der Waals surface area contributed by atoms with Crippen LogP contribution in [-0.2, 0) is 9.59 Å². The van der Waals surface area contributed by atoms with Crippen LogP contribution in [0.3, 0.4) is 0 Å². The first-order valence-corrected chi connectivity index (χ1v) is 4.01. The Bertz CT molecular complexity index is 272. The van der Waals surface area contributed by atoms with Crippen LogP contribution in [0.25, 0.3) is 0 Å². The largest absolute Gasteiger partial charge is 0.299 e. The number of hydrogen-bond donors (Lipinski definition) is 0. The average molecular weight is 164 g/mol. The predicted molar refractivity (Wildman–Crippen MR) is 46.7 cm³/mol. The molecule has 0 saturated heterocycles. The molecular weight excluding hydrogens is 152 g/mol. The number of carbonyl (C=O) groups is 2. The molecule has 0 N–H and O–H groups in total. The number of allylic oxidation sites excluding steroid dienone is 4. The average Bonchev–Trinajstić information content (AvgIpc) is 2.04. The van der Waals surface area contributed by atoms with Gasteiger partial charge in [-0.2, -0.15) is 0 Å². The van der Waals surface area contributed by atoms with Gasteiger partial charge >= 0.3 is 0 Å². The first-order valence-electron chi connectivity index (χ1n) is 4.01. The van der Waals surface area contributed by atoms with Crippen LogP contribution in [0, 0.1) is 5.92 Å². The minimum atomic E-state index is -0.0203. The van der Waals surface area contributed by atoms with Gasteiger partial charge in [-0.1, -0.05) is 18.2 Å². The van der Waals surface area contributed by atoms with Gasteiger partial charge in [-0.3, -0.25) is 9.59 Å². The monoisotopic (exact) mass is 164 g/mol. The molecule has 1 rings (SSSR count). The second kappa shape index (κ2) is 3.48. The molecule has 0 aromatic carbocycles. The van der Waals surface area contributed by atoms with Gasteiger partial charge < -0.3 is 0 Å². The Balaban J connectivity index is 2.68. The summed E-state index contributed by atoms with van der Waals surface area (Å²) < 4.78 is 0. The first-order chi connectivity index (χ1) is 5.61. The van der Waals surface area contributed by atoms with Crippen molar-refractivity contribution in [3.05, 3.63) is 23.8 Å². The van der Waals surface area contributed by atoms with Crippen LogP contribution in [-0.4, -0.2) is 11.6 Å². The molecule has 0 amide bonds. The van der Waals surface area contributed by atoms with Crippen LogP contribution in [0.5, 0.6) is 0 Å². The zero-order chi connectivity index (χ0) is 9.14. The molecule has 64 valence electrons. The third kappa shape index (κ3) is 1.91. The second-order valence-corrected chi connectivity index (χ2v) is 3.03. The minimum Gasteiger partial charge on any atom is -0.299 e. The number of Topliss-reactive ketones (excluding diaryl/α,β-unsaturated/α-hetero) is 2. The van der Waals surface area contributed by atoms with E-state index in [-0.39, 0.29) is 17.5 Å². The lowest BCUT2D eigenvalue weighted by Gasteiger charge is -2.11. The van der Waals surface area contributed by atoms with Crippen molar-refractivity contribution in [1.82, 2.24) is 0 Å². The maximum absolute atomic E-state index is 10.9. The molecule has 1 atom stereocenters. The maximum atomic E-state index is 10.9. The molecule has 0 heterocycles. The molecule has 12 heavy (non-hydrogen) atoms. The highest BCUT2D eigenvalue weighted by Gasteiger charge is 2.13. The Labute approximate surface area is 72.0 Å². The molecule has 0 fully saturated rings. The summed E-state index contributed by atoms with van der Waals surface area (Å²) in [5.74, 6) is 0.200. The molecule has 0 saturated carbocycles. The molecule has 0 aromatic rings. The molecular formula is C10H12O2. The lowest BCUT2D eigenvalue weighted by Crippen LogP contribution is -2.10. The molecule has 0 spiro atoms. The van der Waals surface area contributed by atoms with E-state index in [1.165, 1.54) is 6.92 Å². The fourth-order valence-electron chi connectivity index (χ4n) is 1.18. The molecule has 1 aliphatic rings. The lowest BCUT2D eigenvalue weighted by atomic mass is 9.93. The van der Waals surface area contributed by atoms with Gasteiger partial charge in [-0.25, -0.2) is 0 Å². The molecule has 2 heteroatoms. The van der Waals surface area contributed by atoms with Crippen LogP contribution in [0.2, 0.25) is 0 Å². The summed E-state index contributed by atoms with van der Waals surface area (Å²) in [6, 6.07) is 0. The smallest absolute Gasteiger partial charge is 0.159 e. The highest BCUT2D eigenvalue weighted by Crippen LogP contribution is 2.17. The second-order valence-electron chi connectivity index (χ2n) is 3.03. The number of hydrogen-bond acceptors (Lipinski definition) is 2. The van der Waals surface area contributed by atoms with Crippen molar-refractivity contribution in [3.8, 4) is 0 Å². The SMILES string of the molecule is CC(=O)C1=CCC(C(C)=O)C=C1. The van der Waals surface area contributed by atoms with Gasteiger partial charge in [0.2, 0.25) is 0 Å². The van der Waals surface area contributed by atoms with Crippen LogP contribution in [0.15, 0.2) is 23.8 Å². The highest BCUT2D eigenvalue weighted by molar-refractivity contribution is 5.96. The summed E-state index contributed by atoms with van der Waals surface area (Å²) in [7, 11) is 0. The van der Waals surface area contributed by atoms with Gasteiger partial charge in [-0.15, -0.1) is 0 Å². The van der Waals surface area contributed by atoms with E-state index in [0.717, 1.165) is 0 Å². The highest BCUT2D eigenvalue weighted by atomic mass is 16.1. The lowest BCUT2D eigenvalue weighted by molar-refractivity contribution is -0.119. The van der Waals surface area contributed by atoms with Crippen LogP contribution < -0.4 is 0 Å². The van der Waals surface area contributed by atoms with Gasteiger partial charge in [0.25, 0.3) is 0 Å². The Morgan fingerprint density at radius 3 is 2.42 bits per heavy atom. The molecule has 0 radical (unpaired) electrons. The zero-order valence-electron chi connectivity index (χ0n) is 7.33. The summed E-state index contributed by atoms with van der Waals surface area (Å²) in [6.45, 7) is 3.10. The normalized spacial score (nSPS) is 21.8. The molecule has 0 aliphatic heterocycles. The van der Waals surface area contributed by atoms with Crippen molar-refractivity contribution in [2.24, 2.45) is 5.92 Å². The van der Waals surface area contributed by atoms with Crippen LogP contribution >= 0.6 is 0 Å². The quantitative estimate of drug-likeness (QED) is 0.622. The van der Waals surface area contributed by atoms with E-state index in [4.69, 9.17) is 0 Å². The maximum Gasteiger partial charge on any atom is 0.159 e. The Hall–Kier alpha value is -1.18. The van der Waals surface area contributed by atoms with Crippen molar-refractivity contribution in [1.29, 1.82) is 0 Å². The fraction of sp³-hybridized carbons (Fsp3) is 0.400. The van der Waals surface area contributed by atoms with Crippen molar-refractivity contribution in [2.45, 2.75) is 20.3 Å². The van der Waals surface area contributed by atoms with Crippen LogP contribution in [0.1, 0.15) is 20.3 Å². The van der Waals surface area contributed by atoms with E-state index >= 15 is 0 Å². The molecule has 1 aliphatic carbocycles. The number of carbonyl (C=O) groups excluding carboxylic acids is 2. The molecule has 0 aromatic heterocycles. The standard InChI is InChI=1S/C10H12O2/c1-7(11)9-3-5-10(6-4-9)8(2)12/h3-5,10H,6H2,1-2H3. The summed E-state index contributed by atoms with van der Waals surface area (Å²) in [6.07, 6.45) is 6.03. The van der Waals surface area contributed by atoms with Crippen molar-refractivity contribution in [3.63, 3.8) is 0 Å². The van der Waals surface area contributed by atoms with E-state index in [1.807, 2.05) is 6.08 Å². The molecule has 1 unspecified atom stereocenters. The van der Waals surface area contributed by atoms with Crippen molar-refractivity contribution in [2.75, 3.05) is 0 Å². The first kappa shape index (κ1) is 8.91. The van der Waals surface area contributed by atoms with Crippen LogP contribution in [0.4, 0.5) is 0 Å². The van der Waals surface area contributed by atoms with Gasteiger partial charge in [0.15, 0.2) is 5.78 Å². The summed E-state index contributed by atoms with van der Waals surface area (Å²) >= 11 is 0. The Morgan fingerprint density at radius 1 is 1.42 bits per heavy atom. The third-order valence-electron chi connectivity index (χ3n) is 2.03. The predicted octanol–water partition coefficient (Wildman–Crippen LogP) is 1.67. The van der Waals surface area contributed by atoms with Gasteiger partial charge in [-0.05, 0) is 20.3 Å². The molecule has 2 nitrogen and oxygen atoms in total. The van der Waals surface area contributed by atoms with Crippen molar-refractivity contribution >= 4 is 11.6 Å². The van der Waals surface area contributed by atoms with Crippen molar-refractivity contribution < 1.29 is 9.59 Å². The zero-order valence-corrected chi connectivity index (χ0v) is 7.33. The summed E-state index contributed by atoms with van der Waals surface area (Å²) in [5.41, 5.74) is 0.715. The fourth-order valence-corrected chi connectivity index (χ4v) is 1.18. The van der Waals surface area contributed by atoms with E-state index in [1.54, 1.807) is 19.1 Å². The Morgan fingerprint density at radius 2 is 2.08 bits per heavy atom. The number of ketones is 2. The van der Waals surface area contributed by atoms with E-state index in [9.17, 15) is 9.59 Å². The van der Waals surface area contributed by atoms with Gasteiger partial charge in [0, 0.05) is 11.5 Å². The van der Waals surface area contributed by atoms with E-state index in [2.05, 4.69) is 0 Å². The number of rotatable bonds is 2. The van der Waals surface area contributed by atoms with Gasteiger partial charge in [0.05, 0.1) is 0 Å². The molecule has 0 bridgehead atoms. The third-order valence-corrected chi connectivity index (χ3v) is 2.03. The topological polar surface area (TPSA) is 34.1 Å².